The van der Waals surface area contributed by atoms with Crippen molar-refractivity contribution in [2.45, 2.75) is 31.8 Å². The van der Waals surface area contributed by atoms with Gasteiger partial charge in [-0.25, -0.2) is 0 Å². The summed E-state index contributed by atoms with van der Waals surface area (Å²) >= 11 is 0. The Bertz CT molecular complexity index is 841. The Labute approximate surface area is 145 Å². The van der Waals surface area contributed by atoms with Crippen molar-refractivity contribution >= 4 is 11.8 Å². The summed E-state index contributed by atoms with van der Waals surface area (Å²) in [7, 11) is 1.45. The summed E-state index contributed by atoms with van der Waals surface area (Å²) < 4.78 is 1.37. The van der Waals surface area contributed by atoms with Gasteiger partial charge in [0.1, 0.15) is 5.56 Å². The van der Waals surface area contributed by atoms with E-state index in [1.54, 1.807) is 18.5 Å². The number of aromatic nitrogens is 2. The largest absolute Gasteiger partial charge is 0.355 e. The molecule has 0 atom stereocenters. The van der Waals surface area contributed by atoms with Crippen molar-refractivity contribution in [1.29, 1.82) is 0 Å². The highest BCUT2D eigenvalue weighted by atomic mass is 16.2. The van der Waals surface area contributed by atoms with Crippen LogP contribution in [0, 0.1) is 0 Å². The topological polar surface area (TPSA) is 93.1 Å². The lowest BCUT2D eigenvalue weighted by Crippen LogP contribution is -2.40. The molecule has 7 nitrogen and oxygen atoms in total. The van der Waals surface area contributed by atoms with Gasteiger partial charge in [-0.05, 0) is 37.0 Å². The minimum Gasteiger partial charge on any atom is -0.355 e. The molecule has 3 rings (SSSR count). The molecule has 2 aromatic rings. The highest BCUT2D eigenvalue weighted by Crippen LogP contribution is 2.18. The molecule has 0 unspecified atom stereocenters. The molecule has 2 heterocycles. The zero-order valence-electron chi connectivity index (χ0n) is 14.0. The fourth-order valence-corrected chi connectivity index (χ4v) is 2.68. The Balaban J connectivity index is 1.97. The number of carbonyl (C=O) groups is 2. The van der Waals surface area contributed by atoms with Gasteiger partial charge in [0.15, 0.2) is 0 Å². The first-order valence-electron chi connectivity index (χ1n) is 8.25. The number of hydrogen-bond donors (Lipinski definition) is 2. The summed E-state index contributed by atoms with van der Waals surface area (Å²) in [5, 5.41) is 5.38. The van der Waals surface area contributed by atoms with Crippen LogP contribution in [0.3, 0.4) is 0 Å². The second kappa shape index (κ2) is 7.29. The standard InChI is InChI=1S/C18H20N4O3/c1-19-17(24)15-8-13(16(23)21-14-5-2-6-14)11-22(18(15)25)10-12-4-3-7-20-9-12/h3-4,7-9,11,14H,2,5-6,10H2,1H3,(H,19,24)(H,21,23). The zero-order valence-corrected chi connectivity index (χ0v) is 14.0. The van der Waals surface area contributed by atoms with E-state index < -0.39 is 11.5 Å². The molecule has 2 aromatic heterocycles. The Hall–Kier alpha value is -2.96. The second-order valence-corrected chi connectivity index (χ2v) is 6.12. The van der Waals surface area contributed by atoms with Gasteiger partial charge in [0, 0.05) is 31.7 Å². The highest BCUT2D eigenvalue weighted by Gasteiger charge is 2.22. The smallest absolute Gasteiger partial charge is 0.263 e. The van der Waals surface area contributed by atoms with E-state index >= 15 is 0 Å². The molecule has 0 saturated heterocycles. The highest BCUT2D eigenvalue weighted by molar-refractivity contribution is 5.99. The minimum atomic E-state index is -0.511. The van der Waals surface area contributed by atoms with Crippen LogP contribution in [0.15, 0.2) is 41.6 Å². The van der Waals surface area contributed by atoms with Gasteiger partial charge in [0.05, 0.1) is 12.1 Å². The number of nitrogens with one attached hydrogen (secondary N) is 2. The summed E-state index contributed by atoms with van der Waals surface area (Å²) in [5.74, 6) is -0.780. The Morgan fingerprint density at radius 2 is 2.12 bits per heavy atom. The normalized spacial score (nSPS) is 13.8. The third kappa shape index (κ3) is 3.76. The predicted octanol–water partition coefficient (Wildman–Crippen LogP) is 0.933. The lowest BCUT2D eigenvalue weighted by molar-refractivity contribution is 0.0916. The Kier molecular flexibility index (Phi) is 4.92. The number of nitrogens with zero attached hydrogens (tertiary/aromatic N) is 2. The van der Waals surface area contributed by atoms with E-state index in [4.69, 9.17) is 0 Å². The molecule has 7 heteroatoms. The molecular formula is C18H20N4O3. The maximum absolute atomic E-state index is 12.6. The van der Waals surface area contributed by atoms with Gasteiger partial charge in [-0.15, -0.1) is 0 Å². The van der Waals surface area contributed by atoms with Gasteiger partial charge in [-0.1, -0.05) is 6.07 Å². The second-order valence-electron chi connectivity index (χ2n) is 6.12. The number of hydrogen-bond acceptors (Lipinski definition) is 4. The molecule has 1 fully saturated rings. The molecule has 2 amide bonds. The average molecular weight is 340 g/mol. The molecule has 0 spiro atoms. The first kappa shape index (κ1) is 16.9. The van der Waals surface area contributed by atoms with Crippen LogP contribution in [0.2, 0.25) is 0 Å². The molecule has 130 valence electrons. The monoisotopic (exact) mass is 340 g/mol. The van der Waals surface area contributed by atoms with Crippen LogP contribution < -0.4 is 16.2 Å². The molecule has 0 bridgehead atoms. The van der Waals surface area contributed by atoms with Gasteiger partial charge in [-0.3, -0.25) is 19.4 Å². The van der Waals surface area contributed by atoms with Crippen LogP contribution in [0.5, 0.6) is 0 Å². The maximum Gasteiger partial charge on any atom is 0.263 e. The van der Waals surface area contributed by atoms with Crippen molar-refractivity contribution in [2.75, 3.05) is 7.05 Å². The first-order chi connectivity index (χ1) is 12.1. The van der Waals surface area contributed by atoms with Crippen LogP contribution in [-0.4, -0.2) is 34.5 Å². The summed E-state index contributed by atoms with van der Waals surface area (Å²) in [6.07, 6.45) is 7.81. The predicted molar refractivity (Wildman–Crippen MR) is 92.5 cm³/mol. The van der Waals surface area contributed by atoms with Crippen molar-refractivity contribution in [3.8, 4) is 0 Å². The van der Waals surface area contributed by atoms with Crippen molar-refractivity contribution in [3.05, 3.63) is 63.8 Å². The summed E-state index contributed by atoms with van der Waals surface area (Å²) in [6.45, 7) is 0.237. The van der Waals surface area contributed by atoms with Crippen LogP contribution in [0.25, 0.3) is 0 Å². The van der Waals surface area contributed by atoms with Crippen molar-refractivity contribution in [2.24, 2.45) is 0 Å². The SMILES string of the molecule is CNC(=O)c1cc(C(=O)NC2CCC2)cn(Cc2cccnc2)c1=O. The van der Waals surface area contributed by atoms with Crippen LogP contribution in [-0.2, 0) is 6.54 Å². The fourth-order valence-electron chi connectivity index (χ4n) is 2.68. The van der Waals surface area contributed by atoms with Crippen molar-refractivity contribution in [1.82, 2.24) is 20.2 Å². The Morgan fingerprint density at radius 1 is 1.32 bits per heavy atom. The number of rotatable bonds is 5. The molecule has 0 aliphatic heterocycles. The van der Waals surface area contributed by atoms with E-state index in [9.17, 15) is 14.4 Å². The van der Waals surface area contributed by atoms with Crippen LogP contribution >= 0.6 is 0 Å². The van der Waals surface area contributed by atoms with Crippen molar-refractivity contribution in [3.63, 3.8) is 0 Å². The van der Waals surface area contributed by atoms with Gasteiger partial charge < -0.3 is 15.2 Å². The van der Waals surface area contributed by atoms with E-state index in [1.165, 1.54) is 23.9 Å². The molecular weight excluding hydrogens is 320 g/mol. The molecule has 0 aromatic carbocycles. The van der Waals surface area contributed by atoms with Gasteiger partial charge in [0.2, 0.25) is 0 Å². The molecule has 0 radical (unpaired) electrons. The number of pyridine rings is 2. The van der Waals surface area contributed by atoms with Crippen LogP contribution in [0.1, 0.15) is 45.5 Å². The fraction of sp³-hybridized carbons (Fsp3) is 0.333. The third-order valence-electron chi connectivity index (χ3n) is 4.34. The zero-order chi connectivity index (χ0) is 17.8. The van der Waals surface area contributed by atoms with Crippen molar-refractivity contribution < 1.29 is 9.59 Å². The molecule has 2 N–H and O–H groups in total. The van der Waals surface area contributed by atoms with E-state index in [0.717, 1.165) is 24.8 Å². The van der Waals surface area contributed by atoms with Gasteiger partial charge in [-0.2, -0.15) is 0 Å². The van der Waals surface area contributed by atoms with E-state index in [-0.39, 0.29) is 24.1 Å². The first-order valence-corrected chi connectivity index (χ1v) is 8.25. The van der Waals surface area contributed by atoms with Gasteiger partial charge in [0.25, 0.3) is 17.4 Å². The minimum absolute atomic E-state index is 0.0485. The summed E-state index contributed by atoms with van der Waals surface area (Å²) in [4.78, 5) is 41.1. The molecule has 1 aliphatic carbocycles. The molecule has 1 aliphatic rings. The van der Waals surface area contributed by atoms with Crippen LogP contribution in [0.4, 0.5) is 0 Å². The summed E-state index contributed by atoms with van der Waals surface area (Å²) in [6, 6.07) is 5.14. The third-order valence-corrected chi connectivity index (χ3v) is 4.34. The van der Waals surface area contributed by atoms with E-state index in [1.807, 2.05) is 6.07 Å². The quantitative estimate of drug-likeness (QED) is 0.847. The van der Waals surface area contributed by atoms with Gasteiger partial charge >= 0.3 is 0 Å². The summed E-state index contributed by atoms with van der Waals surface area (Å²) in [5.41, 5.74) is 0.619. The maximum atomic E-state index is 12.6. The lowest BCUT2D eigenvalue weighted by Gasteiger charge is -2.26. The molecule has 1 saturated carbocycles. The van der Waals surface area contributed by atoms with E-state index in [2.05, 4.69) is 15.6 Å². The molecule has 25 heavy (non-hydrogen) atoms. The van der Waals surface area contributed by atoms with E-state index in [0.29, 0.717) is 5.56 Å². The average Bonchev–Trinajstić information content (AvgIpc) is 2.60. The Morgan fingerprint density at radius 3 is 2.72 bits per heavy atom. The lowest BCUT2D eigenvalue weighted by atomic mass is 9.93. The number of carbonyl (C=O) groups excluding carboxylic acids is 2. The number of amides is 2.